The molecular weight excluding hydrogens is 226 g/mol. The zero-order valence-electron chi connectivity index (χ0n) is 10.5. The minimum absolute atomic E-state index is 0.449. The number of benzene rings is 1. The van der Waals surface area contributed by atoms with Gasteiger partial charge in [0.15, 0.2) is 0 Å². The van der Waals surface area contributed by atoms with Crippen molar-refractivity contribution in [3.63, 3.8) is 0 Å². The van der Waals surface area contributed by atoms with Crippen LogP contribution < -0.4 is 10.1 Å². The van der Waals surface area contributed by atoms with Crippen LogP contribution in [0.4, 0.5) is 0 Å². The van der Waals surface area contributed by atoms with Gasteiger partial charge in [0.1, 0.15) is 11.5 Å². The molecule has 18 heavy (non-hydrogen) atoms. The zero-order valence-corrected chi connectivity index (χ0v) is 10.5. The van der Waals surface area contributed by atoms with Crippen LogP contribution in [0.2, 0.25) is 0 Å². The Morgan fingerprint density at radius 2 is 2.00 bits per heavy atom. The summed E-state index contributed by atoms with van der Waals surface area (Å²) < 4.78 is 11.2. The molecule has 1 aliphatic rings. The fourth-order valence-corrected chi connectivity index (χ4v) is 1.99. The summed E-state index contributed by atoms with van der Waals surface area (Å²) >= 11 is 0. The molecule has 3 rings (SSSR count). The quantitative estimate of drug-likeness (QED) is 0.875. The minimum Gasteiger partial charge on any atom is -0.490 e. The van der Waals surface area contributed by atoms with Gasteiger partial charge >= 0.3 is 0 Å². The first-order valence-electron chi connectivity index (χ1n) is 6.35. The minimum atomic E-state index is 0.449. The van der Waals surface area contributed by atoms with E-state index >= 15 is 0 Å². The highest BCUT2D eigenvalue weighted by Crippen LogP contribution is 2.30. The molecule has 3 heteroatoms. The van der Waals surface area contributed by atoms with E-state index in [0.717, 1.165) is 29.2 Å². The lowest BCUT2D eigenvalue weighted by Crippen LogP contribution is -2.04. The summed E-state index contributed by atoms with van der Waals surface area (Å²) in [6, 6.07) is 10.2. The summed E-state index contributed by atoms with van der Waals surface area (Å²) in [4.78, 5) is 0. The molecular formula is C15H17NO2. The Balaban J connectivity index is 1.80. The normalized spacial score (nSPS) is 14.7. The molecule has 0 bridgehead atoms. The molecule has 0 atom stereocenters. The molecule has 0 radical (unpaired) electrons. The fraction of sp³-hybridized carbons (Fsp3) is 0.333. The lowest BCUT2D eigenvalue weighted by atomic mass is 10.1. The van der Waals surface area contributed by atoms with Crippen LogP contribution in [0.1, 0.15) is 18.6 Å². The van der Waals surface area contributed by atoms with Crippen molar-refractivity contribution >= 4 is 0 Å². The molecule has 3 nitrogen and oxygen atoms in total. The molecule has 1 saturated carbocycles. The average Bonchev–Trinajstić information content (AvgIpc) is 3.08. The molecule has 2 aromatic rings. The molecule has 1 N–H and O–H groups in total. The Labute approximate surface area is 107 Å². The van der Waals surface area contributed by atoms with E-state index in [1.807, 2.05) is 25.2 Å². The third-order valence-corrected chi connectivity index (χ3v) is 3.08. The second-order valence-electron chi connectivity index (χ2n) is 4.63. The van der Waals surface area contributed by atoms with E-state index in [0.29, 0.717) is 6.10 Å². The topological polar surface area (TPSA) is 34.4 Å². The van der Waals surface area contributed by atoms with Crippen LogP contribution in [0.3, 0.4) is 0 Å². The SMILES string of the molecule is CNCc1occc1-c1ccc(OC2CC2)cc1. The maximum atomic E-state index is 5.74. The Morgan fingerprint density at radius 3 is 2.67 bits per heavy atom. The smallest absolute Gasteiger partial charge is 0.125 e. The highest BCUT2D eigenvalue weighted by molar-refractivity contribution is 5.66. The van der Waals surface area contributed by atoms with E-state index in [1.54, 1.807) is 6.26 Å². The van der Waals surface area contributed by atoms with Crippen molar-refractivity contribution in [3.05, 3.63) is 42.4 Å². The molecule has 0 spiro atoms. The number of hydrogen-bond acceptors (Lipinski definition) is 3. The summed E-state index contributed by atoms with van der Waals surface area (Å²) in [5.74, 6) is 1.92. The predicted octanol–water partition coefficient (Wildman–Crippen LogP) is 3.21. The maximum absolute atomic E-state index is 5.74. The van der Waals surface area contributed by atoms with Gasteiger partial charge in [0.2, 0.25) is 0 Å². The standard InChI is InChI=1S/C15H17NO2/c1-16-10-15-14(8-9-17-15)11-2-4-12(5-3-11)18-13-6-7-13/h2-5,8-9,13,16H,6-7,10H2,1H3. The summed E-state index contributed by atoms with van der Waals surface area (Å²) in [5.41, 5.74) is 2.31. The van der Waals surface area contributed by atoms with Crippen LogP contribution in [-0.4, -0.2) is 13.2 Å². The van der Waals surface area contributed by atoms with E-state index in [9.17, 15) is 0 Å². The molecule has 0 saturated heterocycles. The van der Waals surface area contributed by atoms with E-state index in [4.69, 9.17) is 9.15 Å². The average molecular weight is 243 g/mol. The van der Waals surface area contributed by atoms with Crippen LogP contribution in [-0.2, 0) is 6.54 Å². The third kappa shape index (κ3) is 2.41. The Hall–Kier alpha value is -1.74. The summed E-state index contributed by atoms with van der Waals surface area (Å²) in [6.07, 6.45) is 4.56. The number of hydrogen-bond donors (Lipinski definition) is 1. The van der Waals surface area contributed by atoms with Crippen LogP contribution >= 0.6 is 0 Å². The lowest BCUT2D eigenvalue weighted by molar-refractivity contribution is 0.303. The van der Waals surface area contributed by atoms with Crippen LogP contribution in [0, 0.1) is 0 Å². The number of rotatable bonds is 5. The van der Waals surface area contributed by atoms with Gasteiger partial charge in [-0.25, -0.2) is 0 Å². The molecule has 0 unspecified atom stereocenters. The first kappa shape index (κ1) is 11.4. The van der Waals surface area contributed by atoms with Gasteiger partial charge in [0.05, 0.1) is 18.9 Å². The van der Waals surface area contributed by atoms with Crippen molar-refractivity contribution in [2.75, 3.05) is 7.05 Å². The largest absolute Gasteiger partial charge is 0.490 e. The van der Waals surface area contributed by atoms with Gasteiger partial charge < -0.3 is 14.5 Å². The highest BCUT2D eigenvalue weighted by atomic mass is 16.5. The first-order valence-corrected chi connectivity index (χ1v) is 6.35. The van der Waals surface area contributed by atoms with Gasteiger partial charge in [-0.2, -0.15) is 0 Å². The number of furan rings is 1. The van der Waals surface area contributed by atoms with Gasteiger partial charge in [-0.05, 0) is 43.7 Å². The molecule has 1 aromatic heterocycles. The Kier molecular flexibility index (Phi) is 3.07. The second-order valence-corrected chi connectivity index (χ2v) is 4.63. The zero-order chi connectivity index (χ0) is 12.4. The van der Waals surface area contributed by atoms with Crippen LogP contribution in [0.25, 0.3) is 11.1 Å². The predicted molar refractivity (Wildman–Crippen MR) is 70.6 cm³/mol. The molecule has 0 aliphatic heterocycles. The lowest BCUT2D eigenvalue weighted by Gasteiger charge is -2.06. The first-order chi connectivity index (χ1) is 8.86. The Bertz CT molecular complexity index is 512. The van der Waals surface area contributed by atoms with E-state index < -0.39 is 0 Å². The van der Waals surface area contributed by atoms with Crippen molar-refractivity contribution < 1.29 is 9.15 Å². The molecule has 1 heterocycles. The van der Waals surface area contributed by atoms with Gasteiger partial charge in [-0.1, -0.05) is 12.1 Å². The van der Waals surface area contributed by atoms with Gasteiger partial charge in [0.25, 0.3) is 0 Å². The molecule has 94 valence electrons. The number of nitrogens with one attached hydrogen (secondary N) is 1. The van der Waals surface area contributed by atoms with Crippen molar-refractivity contribution in [2.24, 2.45) is 0 Å². The van der Waals surface area contributed by atoms with Crippen molar-refractivity contribution in [3.8, 4) is 16.9 Å². The van der Waals surface area contributed by atoms with Crippen LogP contribution in [0.5, 0.6) is 5.75 Å². The molecule has 1 fully saturated rings. The van der Waals surface area contributed by atoms with Crippen molar-refractivity contribution in [2.45, 2.75) is 25.5 Å². The van der Waals surface area contributed by atoms with Gasteiger partial charge in [-0.15, -0.1) is 0 Å². The van der Waals surface area contributed by atoms with E-state index in [-0.39, 0.29) is 0 Å². The summed E-state index contributed by atoms with van der Waals surface area (Å²) in [7, 11) is 1.92. The van der Waals surface area contributed by atoms with E-state index in [1.165, 1.54) is 12.8 Å². The second kappa shape index (κ2) is 4.86. The monoisotopic (exact) mass is 243 g/mol. The summed E-state index contributed by atoms with van der Waals surface area (Å²) in [5, 5.41) is 3.11. The summed E-state index contributed by atoms with van der Waals surface area (Å²) in [6.45, 7) is 0.739. The van der Waals surface area contributed by atoms with E-state index in [2.05, 4.69) is 17.4 Å². The Morgan fingerprint density at radius 1 is 1.22 bits per heavy atom. The highest BCUT2D eigenvalue weighted by Gasteiger charge is 2.23. The molecule has 0 amide bonds. The van der Waals surface area contributed by atoms with Gasteiger partial charge in [-0.3, -0.25) is 0 Å². The van der Waals surface area contributed by atoms with Crippen LogP contribution in [0.15, 0.2) is 41.0 Å². The molecule has 1 aliphatic carbocycles. The van der Waals surface area contributed by atoms with Crippen molar-refractivity contribution in [1.82, 2.24) is 5.32 Å². The fourth-order valence-electron chi connectivity index (χ4n) is 1.99. The van der Waals surface area contributed by atoms with Gasteiger partial charge in [0, 0.05) is 5.56 Å². The van der Waals surface area contributed by atoms with Crippen molar-refractivity contribution in [1.29, 1.82) is 0 Å². The maximum Gasteiger partial charge on any atom is 0.125 e. The third-order valence-electron chi connectivity index (χ3n) is 3.08. The number of ether oxygens (including phenoxy) is 1. The molecule has 1 aromatic carbocycles.